The third-order valence-corrected chi connectivity index (χ3v) is 5.38. The Labute approximate surface area is 182 Å². The zero-order valence-electron chi connectivity index (χ0n) is 17.5. The van der Waals surface area contributed by atoms with E-state index in [4.69, 9.17) is 5.26 Å². The summed E-state index contributed by atoms with van der Waals surface area (Å²) < 4.78 is 0. The quantitative estimate of drug-likeness (QED) is 0.364. The van der Waals surface area contributed by atoms with E-state index >= 15 is 0 Å². The standard InChI is InChI=1S/C26H24N4O/c1-17(28-15-9-8-14-27)24-18(2)29-23(25(24)19-10-4-3-5-11-19)16-21-20-12-6-7-13-22(20)30-26(21)31/h3-7,10-13,16,28-29H,1,8-9,15H2,2H3,(H,30,31)/b21-16-. The van der Waals surface area contributed by atoms with Gasteiger partial charge in [-0.2, -0.15) is 5.26 Å². The fourth-order valence-electron chi connectivity index (χ4n) is 3.96. The highest BCUT2D eigenvalue weighted by atomic mass is 16.2. The van der Waals surface area contributed by atoms with Crippen molar-refractivity contribution in [2.45, 2.75) is 19.8 Å². The van der Waals surface area contributed by atoms with Gasteiger partial charge in [-0.15, -0.1) is 0 Å². The second kappa shape index (κ2) is 8.76. The SMILES string of the molecule is C=C(NCCCC#N)c1c(C)[nH]c(/C=C2\C(=O)Nc3ccccc32)c1-c1ccccc1. The van der Waals surface area contributed by atoms with Gasteiger partial charge in [0.15, 0.2) is 0 Å². The predicted octanol–water partition coefficient (Wildman–Crippen LogP) is 5.35. The summed E-state index contributed by atoms with van der Waals surface area (Å²) in [5, 5.41) is 15.1. The Kier molecular flexibility index (Phi) is 5.72. The predicted molar refractivity (Wildman–Crippen MR) is 126 cm³/mol. The molecular formula is C26H24N4O. The van der Waals surface area contributed by atoms with Crippen LogP contribution in [0.1, 0.15) is 35.4 Å². The first-order chi connectivity index (χ1) is 15.1. The number of aromatic nitrogens is 1. The second-order valence-corrected chi connectivity index (χ2v) is 7.50. The zero-order valence-corrected chi connectivity index (χ0v) is 17.5. The number of nitrogens with zero attached hydrogens (tertiary/aromatic N) is 1. The summed E-state index contributed by atoms with van der Waals surface area (Å²) in [5.41, 5.74) is 8.01. The van der Waals surface area contributed by atoms with Crippen LogP contribution in [0.4, 0.5) is 5.69 Å². The molecule has 2 aromatic carbocycles. The Bertz CT molecular complexity index is 1210. The average molecular weight is 409 g/mol. The normalized spacial score (nSPS) is 13.5. The maximum absolute atomic E-state index is 12.7. The molecule has 31 heavy (non-hydrogen) atoms. The Morgan fingerprint density at radius 2 is 1.90 bits per heavy atom. The summed E-state index contributed by atoms with van der Waals surface area (Å²) >= 11 is 0. The molecule has 1 amide bonds. The number of unbranched alkanes of at least 4 members (excludes halogenated alkanes) is 1. The molecule has 0 radical (unpaired) electrons. The number of nitrogens with one attached hydrogen (secondary N) is 3. The number of aryl methyl sites for hydroxylation is 1. The lowest BCUT2D eigenvalue weighted by Crippen LogP contribution is -2.13. The topological polar surface area (TPSA) is 80.7 Å². The van der Waals surface area contributed by atoms with Crippen molar-refractivity contribution >= 4 is 28.9 Å². The average Bonchev–Trinajstić information content (AvgIpc) is 3.28. The number of hydrogen-bond acceptors (Lipinski definition) is 3. The van der Waals surface area contributed by atoms with E-state index in [1.807, 2.05) is 55.5 Å². The van der Waals surface area contributed by atoms with Crippen LogP contribution in [-0.2, 0) is 4.79 Å². The van der Waals surface area contributed by atoms with E-state index in [1.54, 1.807) is 0 Å². The maximum atomic E-state index is 12.7. The fourth-order valence-corrected chi connectivity index (χ4v) is 3.96. The van der Waals surface area contributed by atoms with Gasteiger partial charge < -0.3 is 15.6 Å². The first kappa shape index (κ1) is 20.2. The van der Waals surface area contributed by atoms with E-state index in [2.05, 4.69) is 40.4 Å². The smallest absolute Gasteiger partial charge is 0.256 e. The number of H-pyrrole nitrogens is 1. The van der Waals surface area contributed by atoms with E-state index in [0.717, 1.165) is 51.4 Å². The highest BCUT2D eigenvalue weighted by Gasteiger charge is 2.25. The number of rotatable bonds is 7. The van der Waals surface area contributed by atoms with Crippen LogP contribution in [0.15, 0.2) is 61.2 Å². The summed E-state index contributed by atoms with van der Waals surface area (Å²) in [4.78, 5) is 16.1. The first-order valence-corrected chi connectivity index (χ1v) is 10.3. The molecule has 0 aliphatic carbocycles. The Morgan fingerprint density at radius 3 is 2.68 bits per heavy atom. The van der Waals surface area contributed by atoms with Crippen molar-refractivity contribution in [1.29, 1.82) is 5.26 Å². The number of anilines is 1. The largest absolute Gasteiger partial charge is 0.385 e. The molecular weight excluding hydrogens is 384 g/mol. The highest BCUT2D eigenvalue weighted by molar-refractivity contribution is 6.35. The molecule has 0 spiro atoms. The number of nitriles is 1. The molecule has 5 heteroatoms. The number of benzene rings is 2. The van der Waals surface area contributed by atoms with E-state index in [0.29, 0.717) is 18.5 Å². The monoisotopic (exact) mass is 408 g/mol. The third-order valence-electron chi connectivity index (χ3n) is 5.38. The molecule has 1 aliphatic rings. The Morgan fingerprint density at radius 1 is 1.16 bits per heavy atom. The second-order valence-electron chi connectivity index (χ2n) is 7.50. The van der Waals surface area contributed by atoms with E-state index in [1.165, 1.54) is 0 Å². The molecule has 154 valence electrons. The molecule has 0 bridgehead atoms. The molecule has 5 nitrogen and oxygen atoms in total. The molecule has 4 rings (SSSR count). The third kappa shape index (κ3) is 4.01. The zero-order chi connectivity index (χ0) is 21.8. The van der Waals surface area contributed by atoms with Crippen LogP contribution < -0.4 is 10.6 Å². The number of aromatic amines is 1. The van der Waals surface area contributed by atoms with Gasteiger partial charge in [-0.1, -0.05) is 55.1 Å². The van der Waals surface area contributed by atoms with Gasteiger partial charge in [0.2, 0.25) is 0 Å². The lowest BCUT2D eigenvalue weighted by atomic mass is 9.96. The minimum Gasteiger partial charge on any atom is -0.385 e. The van der Waals surface area contributed by atoms with Crippen LogP contribution in [0.5, 0.6) is 0 Å². The summed E-state index contributed by atoms with van der Waals surface area (Å²) in [6.07, 6.45) is 3.18. The molecule has 1 aliphatic heterocycles. The number of hydrogen-bond donors (Lipinski definition) is 3. The fraction of sp³-hybridized carbons (Fsp3) is 0.154. The van der Waals surface area contributed by atoms with Gasteiger partial charge in [0.25, 0.3) is 5.91 Å². The van der Waals surface area contributed by atoms with Crippen LogP contribution >= 0.6 is 0 Å². The van der Waals surface area contributed by atoms with Crippen molar-refractivity contribution in [1.82, 2.24) is 10.3 Å². The molecule has 1 aromatic heterocycles. The van der Waals surface area contributed by atoms with E-state index < -0.39 is 0 Å². The van der Waals surface area contributed by atoms with Crippen LogP contribution in [0.3, 0.4) is 0 Å². The Balaban J connectivity index is 1.80. The summed E-state index contributed by atoms with van der Waals surface area (Å²) in [5.74, 6) is -0.109. The number of carbonyl (C=O) groups is 1. The lowest BCUT2D eigenvalue weighted by Gasteiger charge is -2.12. The number of para-hydroxylation sites is 1. The number of carbonyl (C=O) groups excluding carboxylic acids is 1. The van der Waals surface area contributed by atoms with Gasteiger partial charge >= 0.3 is 0 Å². The van der Waals surface area contributed by atoms with Crippen molar-refractivity contribution in [3.05, 3.63) is 83.7 Å². The van der Waals surface area contributed by atoms with Gasteiger partial charge in [-0.3, -0.25) is 4.79 Å². The number of amides is 1. The molecule has 0 atom stereocenters. The van der Waals surface area contributed by atoms with Crippen molar-refractivity contribution in [3.8, 4) is 17.2 Å². The summed E-state index contributed by atoms with van der Waals surface area (Å²) in [7, 11) is 0. The molecule has 3 aromatic rings. The van der Waals surface area contributed by atoms with Crippen molar-refractivity contribution in [2.24, 2.45) is 0 Å². The highest BCUT2D eigenvalue weighted by Crippen LogP contribution is 2.38. The molecule has 0 unspecified atom stereocenters. The van der Waals surface area contributed by atoms with Gasteiger partial charge in [-0.05, 0) is 31.1 Å². The molecule has 0 saturated carbocycles. The van der Waals surface area contributed by atoms with E-state index in [-0.39, 0.29) is 5.91 Å². The summed E-state index contributed by atoms with van der Waals surface area (Å²) in [6.45, 7) is 6.94. The number of fused-ring (bicyclic) bond motifs is 1. The van der Waals surface area contributed by atoms with Crippen molar-refractivity contribution < 1.29 is 4.79 Å². The van der Waals surface area contributed by atoms with Crippen LogP contribution in [0, 0.1) is 18.3 Å². The van der Waals surface area contributed by atoms with Gasteiger partial charge in [0, 0.05) is 52.4 Å². The molecule has 3 N–H and O–H groups in total. The van der Waals surface area contributed by atoms with Crippen LogP contribution in [0.2, 0.25) is 0 Å². The van der Waals surface area contributed by atoms with Crippen molar-refractivity contribution in [2.75, 3.05) is 11.9 Å². The van der Waals surface area contributed by atoms with E-state index in [9.17, 15) is 4.79 Å². The maximum Gasteiger partial charge on any atom is 0.256 e. The lowest BCUT2D eigenvalue weighted by molar-refractivity contribution is -0.110. The first-order valence-electron chi connectivity index (χ1n) is 10.3. The van der Waals surface area contributed by atoms with Crippen LogP contribution in [-0.4, -0.2) is 17.4 Å². The van der Waals surface area contributed by atoms with Crippen molar-refractivity contribution in [3.63, 3.8) is 0 Å². The van der Waals surface area contributed by atoms with Gasteiger partial charge in [0.1, 0.15) is 0 Å². The van der Waals surface area contributed by atoms with Gasteiger partial charge in [-0.25, -0.2) is 0 Å². The minimum atomic E-state index is -0.109. The Hall–Kier alpha value is -4.04. The van der Waals surface area contributed by atoms with Crippen LogP contribution in [0.25, 0.3) is 28.5 Å². The molecule has 2 heterocycles. The van der Waals surface area contributed by atoms with Gasteiger partial charge in [0.05, 0.1) is 11.6 Å². The summed E-state index contributed by atoms with van der Waals surface area (Å²) in [6, 6.07) is 20.0. The molecule has 0 saturated heterocycles. The minimum absolute atomic E-state index is 0.109. The molecule has 0 fully saturated rings.